The number of furan rings is 1. The third-order valence-corrected chi connectivity index (χ3v) is 6.86. The van der Waals surface area contributed by atoms with Crippen LogP contribution in [-0.2, 0) is 4.79 Å². The quantitative estimate of drug-likeness (QED) is 0.437. The van der Waals surface area contributed by atoms with E-state index < -0.39 is 0 Å². The molecule has 0 spiro atoms. The van der Waals surface area contributed by atoms with Crippen LogP contribution >= 0.6 is 0 Å². The molecule has 3 aromatic rings. The Labute approximate surface area is 195 Å². The number of nitrogens with one attached hydrogen (secondary N) is 1. The molecule has 5 nitrogen and oxygen atoms in total. The molecule has 1 fully saturated rings. The zero-order valence-electron chi connectivity index (χ0n) is 20.2. The van der Waals surface area contributed by atoms with Crippen LogP contribution in [-0.4, -0.2) is 26.2 Å². The third kappa shape index (κ3) is 4.63. The first-order valence-corrected chi connectivity index (χ1v) is 11.6. The van der Waals surface area contributed by atoms with E-state index in [1.165, 1.54) is 19.3 Å². The van der Waals surface area contributed by atoms with Gasteiger partial charge in [0, 0.05) is 34.2 Å². The lowest BCUT2D eigenvalue weighted by atomic mass is 9.86. The van der Waals surface area contributed by atoms with Crippen LogP contribution in [0.4, 0.5) is 0 Å². The minimum atomic E-state index is -0.0476. The highest BCUT2D eigenvalue weighted by molar-refractivity contribution is 6.01. The van der Waals surface area contributed by atoms with Gasteiger partial charge in [-0.05, 0) is 61.9 Å². The van der Waals surface area contributed by atoms with Gasteiger partial charge in [0.2, 0.25) is 5.91 Å². The molecule has 1 saturated carbocycles. The summed E-state index contributed by atoms with van der Waals surface area (Å²) < 4.78 is 17.0. The van der Waals surface area contributed by atoms with Crippen LogP contribution in [0.2, 0.25) is 0 Å². The van der Waals surface area contributed by atoms with E-state index in [1.807, 2.05) is 38.1 Å². The molecule has 2 unspecified atom stereocenters. The lowest BCUT2D eigenvalue weighted by Gasteiger charge is -2.29. The molecule has 0 aliphatic heterocycles. The second-order valence-electron chi connectivity index (χ2n) is 9.04. The highest BCUT2D eigenvalue weighted by atomic mass is 16.5. The van der Waals surface area contributed by atoms with Gasteiger partial charge in [-0.2, -0.15) is 0 Å². The number of carbonyl (C=O) groups excluding carboxylic acids is 1. The predicted octanol–water partition coefficient (Wildman–Crippen LogP) is 6.52. The Kier molecular flexibility index (Phi) is 6.77. The van der Waals surface area contributed by atoms with Gasteiger partial charge in [0.25, 0.3) is 0 Å². The number of benzene rings is 2. The van der Waals surface area contributed by atoms with E-state index in [1.54, 1.807) is 26.6 Å². The molecule has 1 aromatic heterocycles. The first-order valence-electron chi connectivity index (χ1n) is 11.6. The van der Waals surface area contributed by atoms with Gasteiger partial charge in [0.05, 0.1) is 20.5 Å². The average molecular weight is 448 g/mol. The van der Waals surface area contributed by atoms with Crippen molar-refractivity contribution in [2.45, 2.75) is 52.5 Å². The molecule has 2 atom stereocenters. The van der Waals surface area contributed by atoms with Gasteiger partial charge in [-0.3, -0.25) is 4.79 Å². The number of fused-ring (bicyclic) bond motifs is 1. The number of aryl methyl sites for hydroxylation is 1. The molecule has 4 rings (SSSR count). The monoisotopic (exact) mass is 447 g/mol. The number of allylic oxidation sites excluding steroid dienone is 1. The molecule has 5 heteroatoms. The van der Waals surface area contributed by atoms with Crippen molar-refractivity contribution >= 4 is 22.4 Å². The molecule has 1 heterocycles. The fourth-order valence-electron chi connectivity index (χ4n) is 4.90. The van der Waals surface area contributed by atoms with Gasteiger partial charge < -0.3 is 19.2 Å². The number of ether oxygens (including phenoxy) is 2. The van der Waals surface area contributed by atoms with E-state index in [2.05, 4.69) is 18.3 Å². The van der Waals surface area contributed by atoms with E-state index >= 15 is 0 Å². The molecule has 2 aromatic carbocycles. The van der Waals surface area contributed by atoms with Crippen molar-refractivity contribution in [3.63, 3.8) is 0 Å². The van der Waals surface area contributed by atoms with Gasteiger partial charge in [-0.25, -0.2) is 0 Å². The van der Waals surface area contributed by atoms with Crippen LogP contribution in [0.1, 0.15) is 50.7 Å². The fourth-order valence-corrected chi connectivity index (χ4v) is 4.90. The summed E-state index contributed by atoms with van der Waals surface area (Å²) in [6.45, 7) is 6.17. The molecule has 1 amide bonds. The van der Waals surface area contributed by atoms with Gasteiger partial charge in [0.1, 0.15) is 17.1 Å². The summed E-state index contributed by atoms with van der Waals surface area (Å²) >= 11 is 0. The Morgan fingerprint density at radius 2 is 1.85 bits per heavy atom. The highest BCUT2D eigenvalue weighted by Gasteiger charge is 2.23. The molecule has 0 saturated heterocycles. The molecule has 1 N–H and O–H groups in total. The summed E-state index contributed by atoms with van der Waals surface area (Å²) in [6.07, 6.45) is 8.12. The van der Waals surface area contributed by atoms with Gasteiger partial charge in [0.15, 0.2) is 0 Å². The summed E-state index contributed by atoms with van der Waals surface area (Å²) in [5.41, 5.74) is 5.49. The molecule has 0 bridgehead atoms. The number of rotatable bonds is 6. The number of amides is 1. The maximum atomic E-state index is 12.8. The third-order valence-electron chi connectivity index (χ3n) is 6.86. The first kappa shape index (κ1) is 23.0. The topological polar surface area (TPSA) is 60.7 Å². The first-order chi connectivity index (χ1) is 15.9. The fraction of sp³-hybridized carbons (Fsp3) is 0.393. The molecule has 0 radical (unpaired) electrons. The maximum Gasteiger partial charge on any atom is 0.244 e. The second kappa shape index (κ2) is 9.74. The van der Waals surface area contributed by atoms with Crippen LogP contribution in [0.15, 0.2) is 47.1 Å². The lowest BCUT2D eigenvalue weighted by Crippen LogP contribution is -2.40. The second-order valence-corrected chi connectivity index (χ2v) is 9.04. The van der Waals surface area contributed by atoms with Gasteiger partial charge in [-0.1, -0.05) is 31.9 Å². The maximum absolute atomic E-state index is 12.8. The van der Waals surface area contributed by atoms with Crippen LogP contribution in [0.5, 0.6) is 11.5 Å². The summed E-state index contributed by atoms with van der Waals surface area (Å²) in [4.78, 5) is 12.8. The van der Waals surface area contributed by atoms with E-state index in [-0.39, 0.29) is 11.9 Å². The minimum absolute atomic E-state index is 0.0476. The Balaban J connectivity index is 1.71. The summed E-state index contributed by atoms with van der Waals surface area (Å²) in [5, 5.41) is 4.20. The zero-order chi connectivity index (χ0) is 23.5. The smallest absolute Gasteiger partial charge is 0.244 e. The molecule has 174 valence electrons. The van der Waals surface area contributed by atoms with Crippen LogP contribution in [0, 0.1) is 12.8 Å². The van der Waals surface area contributed by atoms with Crippen molar-refractivity contribution in [2.24, 2.45) is 5.92 Å². The molecule has 1 aliphatic rings. The van der Waals surface area contributed by atoms with E-state index in [0.717, 1.165) is 56.7 Å². The Hall–Kier alpha value is -3.21. The number of hydrogen-bond donors (Lipinski definition) is 1. The van der Waals surface area contributed by atoms with Crippen molar-refractivity contribution in [3.05, 3.63) is 53.8 Å². The van der Waals surface area contributed by atoms with E-state index in [0.29, 0.717) is 5.92 Å². The highest BCUT2D eigenvalue weighted by Crippen LogP contribution is 2.40. The van der Waals surface area contributed by atoms with Crippen molar-refractivity contribution in [1.29, 1.82) is 0 Å². The predicted molar refractivity (Wildman–Crippen MR) is 133 cm³/mol. The number of methoxy groups -OCH3 is 2. The molecule has 33 heavy (non-hydrogen) atoms. The molecular weight excluding hydrogens is 414 g/mol. The van der Waals surface area contributed by atoms with Crippen molar-refractivity contribution in [1.82, 2.24) is 5.32 Å². The summed E-state index contributed by atoms with van der Waals surface area (Å²) in [5.74, 6) is 2.00. The van der Waals surface area contributed by atoms with Crippen molar-refractivity contribution < 1.29 is 18.7 Å². The Morgan fingerprint density at radius 1 is 1.12 bits per heavy atom. The van der Waals surface area contributed by atoms with Crippen LogP contribution < -0.4 is 14.8 Å². The van der Waals surface area contributed by atoms with E-state index in [4.69, 9.17) is 13.9 Å². The number of carbonyl (C=O) groups is 1. The molecule has 1 aliphatic carbocycles. The molecular formula is C28H33NO4. The minimum Gasteiger partial charge on any atom is -0.497 e. The van der Waals surface area contributed by atoms with Gasteiger partial charge in [-0.15, -0.1) is 0 Å². The van der Waals surface area contributed by atoms with Crippen molar-refractivity contribution in [3.8, 4) is 22.6 Å². The summed E-state index contributed by atoms with van der Waals surface area (Å²) in [6, 6.07) is 10.2. The SMILES string of the molecule is COc1ccc(-c2coc3c(C)c(OC)c(/C(C)=C/C(=O)NC4CCCCC4C)cc23)cc1. The Morgan fingerprint density at radius 3 is 2.52 bits per heavy atom. The summed E-state index contributed by atoms with van der Waals surface area (Å²) in [7, 11) is 3.31. The standard InChI is InChI=1S/C28H33NO4/c1-17-8-6-7-9-25(17)29-26(30)14-18(2)22-15-23-24(20-10-12-21(31-4)13-11-20)16-33-28(23)19(3)27(22)32-5/h10-17,25H,6-9H2,1-5H3,(H,29,30)/b18-14+. The zero-order valence-corrected chi connectivity index (χ0v) is 20.2. The van der Waals surface area contributed by atoms with Gasteiger partial charge >= 0.3 is 0 Å². The lowest BCUT2D eigenvalue weighted by molar-refractivity contribution is -0.117. The average Bonchev–Trinajstić information content (AvgIpc) is 3.25. The number of hydrogen-bond acceptors (Lipinski definition) is 4. The van der Waals surface area contributed by atoms with E-state index in [9.17, 15) is 4.79 Å². The van der Waals surface area contributed by atoms with Crippen molar-refractivity contribution in [2.75, 3.05) is 14.2 Å². The Bertz CT molecular complexity index is 1170. The normalized spacial score (nSPS) is 18.9. The van der Waals surface area contributed by atoms with Crippen LogP contribution in [0.3, 0.4) is 0 Å². The largest absolute Gasteiger partial charge is 0.497 e. The van der Waals surface area contributed by atoms with Crippen LogP contribution in [0.25, 0.3) is 27.7 Å².